The van der Waals surface area contributed by atoms with Gasteiger partial charge < -0.3 is 14.5 Å². The summed E-state index contributed by atoms with van der Waals surface area (Å²) in [5.74, 6) is -2.71. The van der Waals surface area contributed by atoms with Crippen LogP contribution in [0.2, 0.25) is 0 Å². The van der Waals surface area contributed by atoms with Crippen LogP contribution in [0.1, 0.15) is 34.6 Å². The minimum absolute atomic E-state index is 0.0615. The van der Waals surface area contributed by atoms with Crippen molar-refractivity contribution in [2.75, 3.05) is 65.5 Å². The van der Waals surface area contributed by atoms with E-state index >= 15 is 0 Å². The van der Waals surface area contributed by atoms with Crippen LogP contribution in [-0.2, 0) is 9.53 Å². The Hall–Kier alpha value is -0.830. The normalized spacial score (nSPS) is 26.2. The van der Waals surface area contributed by atoms with Crippen LogP contribution in [0.25, 0.3) is 0 Å². The number of carbonyl (C=O) groups is 1. The summed E-state index contributed by atoms with van der Waals surface area (Å²) >= 11 is 0. The molecule has 1 amide bonds. The van der Waals surface area contributed by atoms with Crippen molar-refractivity contribution in [3.05, 3.63) is 0 Å². The Bertz CT molecular complexity index is 487. The van der Waals surface area contributed by atoms with E-state index in [1.807, 2.05) is 18.7 Å². The van der Waals surface area contributed by atoms with Crippen molar-refractivity contribution in [2.45, 2.75) is 58.7 Å². The SMILES string of the molecule is CCN1CCN(C(=O)CN2C(C)CN(CC(F)(F)COC(C)C)CC2C)CC1. The van der Waals surface area contributed by atoms with Crippen LogP contribution in [-0.4, -0.2) is 115 Å². The highest BCUT2D eigenvalue weighted by molar-refractivity contribution is 5.78. The monoisotopic (exact) mass is 404 g/mol. The molecule has 0 spiro atoms. The number of ether oxygens (including phenoxy) is 1. The lowest BCUT2D eigenvalue weighted by Gasteiger charge is -2.45. The van der Waals surface area contributed by atoms with Crippen LogP contribution in [0.5, 0.6) is 0 Å². The van der Waals surface area contributed by atoms with E-state index < -0.39 is 12.5 Å². The smallest absolute Gasteiger partial charge is 0.283 e. The number of amides is 1. The second kappa shape index (κ2) is 10.3. The zero-order valence-corrected chi connectivity index (χ0v) is 18.2. The first-order valence-electron chi connectivity index (χ1n) is 10.6. The van der Waals surface area contributed by atoms with Crippen molar-refractivity contribution in [3.63, 3.8) is 0 Å². The Kier molecular flexibility index (Phi) is 8.60. The number of alkyl halides is 2. The van der Waals surface area contributed by atoms with Crippen molar-refractivity contribution in [1.82, 2.24) is 19.6 Å². The summed E-state index contributed by atoms with van der Waals surface area (Å²) < 4.78 is 33.5. The topological polar surface area (TPSA) is 39.3 Å². The van der Waals surface area contributed by atoms with E-state index in [-0.39, 0.29) is 30.6 Å². The highest BCUT2D eigenvalue weighted by atomic mass is 19.3. The molecule has 2 fully saturated rings. The first-order chi connectivity index (χ1) is 13.1. The second-order valence-corrected chi connectivity index (χ2v) is 8.60. The van der Waals surface area contributed by atoms with Gasteiger partial charge in [-0.3, -0.25) is 14.6 Å². The molecule has 6 nitrogen and oxygen atoms in total. The van der Waals surface area contributed by atoms with Crippen LogP contribution in [0, 0.1) is 0 Å². The fourth-order valence-electron chi connectivity index (χ4n) is 4.14. The number of halogens is 2. The standard InChI is InChI=1S/C20H38F2N4O2/c1-6-23-7-9-25(10-8-23)19(27)13-26-17(4)11-24(12-18(26)5)14-20(21,22)15-28-16(2)3/h16-18H,6-15H2,1-5H3. The third-order valence-corrected chi connectivity index (χ3v) is 5.75. The Morgan fingerprint density at radius 3 is 2.14 bits per heavy atom. The van der Waals surface area contributed by atoms with Gasteiger partial charge in [0.25, 0.3) is 5.92 Å². The molecular formula is C20H38F2N4O2. The Morgan fingerprint density at radius 2 is 1.64 bits per heavy atom. The van der Waals surface area contributed by atoms with Gasteiger partial charge in [-0.25, -0.2) is 8.78 Å². The van der Waals surface area contributed by atoms with Crippen molar-refractivity contribution < 1.29 is 18.3 Å². The summed E-state index contributed by atoms with van der Waals surface area (Å²) in [6.45, 7) is 14.7. The van der Waals surface area contributed by atoms with E-state index in [2.05, 4.69) is 16.7 Å². The first-order valence-corrected chi connectivity index (χ1v) is 10.6. The predicted molar refractivity (Wildman–Crippen MR) is 107 cm³/mol. The lowest BCUT2D eigenvalue weighted by Crippen LogP contribution is -2.61. The molecule has 2 rings (SSSR count). The van der Waals surface area contributed by atoms with Crippen LogP contribution in [0.4, 0.5) is 8.78 Å². The maximum atomic E-state index is 14.2. The molecule has 0 saturated carbocycles. The van der Waals surface area contributed by atoms with E-state index in [0.717, 1.165) is 32.7 Å². The number of hydrogen-bond donors (Lipinski definition) is 0. The van der Waals surface area contributed by atoms with Crippen molar-refractivity contribution in [2.24, 2.45) is 0 Å². The van der Waals surface area contributed by atoms with Gasteiger partial charge in [0.15, 0.2) is 0 Å². The third kappa shape index (κ3) is 6.90. The Morgan fingerprint density at radius 1 is 1.07 bits per heavy atom. The average molecular weight is 405 g/mol. The molecule has 2 unspecified atom stereocenters. The number of carbonyl (C=O) groups excluding carboxylic acids is 1. The van der Waals surface area contributed by atoms with Crippen LogP contribution in [0.15, 0.2) is 0 Å². The van der Waals surface area contributed by atoms with Gasteiger partial charge in [-0.05, 0) is 34.2 Å². The zero-order valence-electron chi connectivity index (χ0n) is 18.2. The molecular weight excluding hydrogens is 366 g/mol. The van der Waals surface area contributed by atoms with Gasteiger partial charge in [0.2, 0.25) is 5.91 Å². The molecule has 28 heavy (non-hydrogen) atoms. The molecule has 0 aliphatic carbocycles. The molecule has 2 aliphatic rings. The molecule has 0 aromatic heterocycles. The number of piperazine rings is 2. The third-order valence-electron chi connectivity index (χ3n) is 5.75. The van der Waals surface area contributed by atoms with Gasteiger partial charge in [-0.2, -0.15) is 0 Å². The van der Waals surface area contributed by atoms with E-state index in [9.17, 15) is 13.6 Å². The van der Waals surface area contributed by atoms with Gasteiger partial charge in [0, 0.05) is 51.4 Å². The molecule has 2 heterocycles. The predicted octanol–water partition coefficient (Wildman–Crippen LogP) is 1.61. The van der Waals surface area contributed by atoms with E-state index in [0.29, 0.717) is 19.6 Å². The van der Waals surface area contributed by atoms with Gasteiger partial charge in [-0.1, -0.05) is 6.92 Å². The van der Waals surface area contributed by atoms with E-state index in [1.54, 1.807) is 18.7 Å². The molecule has 2 atom stereocenters. The first kappa shape index (κ1) is 23.4. The molecule has 2 saturated heterocycles. The molecule has 164 valence electrons. The maximum absolute atomic E-state index is 14.2. The van der Waals surface area contributed by atoms with Crippen molar-refractivity contribution in [1.29, 1.82) is 0 Å². The van der Waals surface area contributed by atoms with Gasteiger partial charge in [0.1, 0.15) is 6.61 Å². The summed E-state index contributed by atoms with van der Waals surface area (Å²) in [7, 11) is 0. The lowest BCUT2D eigenvalue weighted by molar-refractivity contribution is -0.138. The molecule has 0 aromatic rings. The fraction of sp³-hybridized carbons (Fsp3) is 0.950. The summed E-state index contributed by atoms with van der Waals surface area (Å²) in [6, 6.07) is 0.123. The van der Waals surface area contributed by atoms with Gasteiger partial charge >= 0.3 is 0 Å². The van der Waals surface area contributed by atoms with E-state index in [1.165, 1.54) is 0 Å². The summed E-state index contributed by atoms with van der Waals surface area (Å²) in [5, 5.41) is 0. The maximum Gasteiger partial charge on any atom is 0.283 e. The number of hydrogen-bond acceptors (Lipinski definition) is 5. The summed E-state index contributed by atoms with van der Waals surface area (Å²) in [6.07, 6.45) is -0.203. The van der Waals surface area contributed by atoms with E-state index in [4.69, 9.17) is 4.74 Å². The minimum atomic E-state index is -2.86. The quantitative estimate of drug-likeness (QED) is 0.615. The number of nitrogens with zero attached hydrogens (tertiary/aromatic N) is 4. The number of rotatable bonds is 8. The second-order valence-electron chi connectivity index (χ2n) is 8.60. The van der Waals surface area contributed by atoms with Crippen molar-refractivity contribution in [3.8, 4) is 0 Å². The molecule has 2 aliphatic heterocycles. The molecule has 0 bridgehead atoms. The highest BCUT2D eigenvalue weighted by Gasteiger charge is 2.38. The molecule has 0 radical (unpaired) electrons. The zero-order chi connectivity index (χ0) is 20.9. The van der Waals surface area contributed by atoms with Gasteiger partial charge in [-0.15, -0.1) is 0 Å². The minimum Gasteiger partial charge on any atom is -0.372 e. The van der Waals surface area contributed by atoms with Crippen LogP contribution < -0.4 is 0 Å². The average Bonchev–Trinajstić information content (AvgIpc) is 2.62. The Balaban J connectivity index is 1.83. The highest BCUT2D eigenvalue weighted by Crippen LogP contribution is 2.22. The largest absolute Gasteiger partial charge is 0.372 e. The molecule has 0 N–H and O–H groups in total. The summed E-state index contributed by atoms with van der Waals surface area (Å²) in [4.78, 5) is 21.0. The Labute approximate surface area is 168 Å². The number of likely N-dealkylation sites (N-methyl/N-ethyl adjacent to an activating group) is 1. The molecule has 0 aromatic carbocycles. The lowest BCUT2D eigenvalue weighted by atomic mass is 10.1. The van der Waals surface area contributed by atoms with Crippen LogP contribution >= 0.6 is 0 Å². The van der Waals surface area contributed by atoms with Gasteiger partial charge in [0.05, 0.1) is 19.2 Å². The molecule has 8 heteroatoms. The van der Waals surface area contributed by atoms with Crippen molar-refractivity contribution >= 4 is 5.91 Å². The van der Waals surface area contributed by atoms with Crippen LogP contribution in [0.3, 0.4) is 0 Å². The fourth-order valence-corrected chi connectivity index (χ4v) is 4.14. The summed E-state index contributed by atoms with van der Waals surface area (Å²) in [5.41, 5.74) is 0.